The number of rotatable bonds is 21. The number of esters is 1. The minimum Gasteiger partial charge on any atom is -0.481 e. The van der Waals surface area contributed by atoms with E-state index in [0.29, 0.717) is 5.92 Å². The second-order valence-electron chi connectivity index (χ2n) is 14.8. The average molecular weight is 649 g/mol. The number of aliphatic carboxylic acids is 1. The summed E-state index contributed by atoms with van der Waals surface area (Å²) in [6.45, 7) is 27.7. The van der Waals surface area contributed by atoms with Crippen LogP contribution in [0.1, 0.15) is 178 Å². The summed E-state index contributed by atoms with van der Waals surface area (Å²) in [6.07, 6.45) is 16.4. The fraction of sp³-hybridized carbons (Fsp3) is 0.950. The molecule has 0 aliphatic carbocycles. The predicted molar refractivity (Wildman–Crippen MR) is 193 cm³/mol. The van der Waals surface area contributed by atoms with Gasteiger partial charge in [-0.1, -0.05) is 94.9 Å². The van der Waals surface area contributed by atoms with Gasteiger partial charge < -0.3 is 9.84 Å². The largest absolute Gasteiger partial charge is 0.481 e. The molecule has 2 aliphatic rings. The second-order valence-corrected chi connectivity index (χ2v) is 14.8. The summed E-state index contributed by atoms with van der Waals surface area (Å²) in [4.78, 5) is 31.4. The van der Waals surface area contributed by atoms with Crippen LogP contribution in [0, 0.1) is 22.7 Å². The predicted octanol–water partition coefficient (Wildman–Crippen LogP) is 10.1. The Kier molecular flexibility index (Phi) is 16.6. The number of likely N-dealkylation sites (tertiary alicyclic amines) is 2. The van der Waals surface area contributed by atoms with Crippen LogP contribution < -0.4 is 0 Å². The lowest BCUT2D eigenvalue weighted by Gasteiger charge is -2.64. The molecule has 2 heterocycles. The van der Waals surface area contributed by atoms with Crippen LogP contribution in [0.2, 0.25) is 0 Å². The summed E-state index contributed by atoms with van der Waals surface area (Å²) in [5.41, 5.74) is 0.142. The zero-order valence-electron chi connectivity index (χ0n) is 32.1. The Morgan fingerprint density at radius 1 is 0.652 bits per heavy atom. The normalized spacial score (nSPS) is 24.8. The van der Waals surface area contributed by atoms with Crippen molar-refractivity contribution in [2.24, 2.45) is 22.7 Å². The second kappa shape index (κ2) is 18.6. The number of ether oxygens (including phenoxy) is 1. The molecule has 0 amide bonds. The smallest absolute Gasteiger partial charge is 0.309 e. The van der Waals surface area contributed by atoms with E-state index in [4.69, 9.17) is 9.84 Å². The Morgan fingerprint density at radius 2 is 1.11 bits per heavy atom. The third-order valence-electron chi connectivity index (χ3n) is 14.3. The molecule has 2 fully saturated rings. The van der Waals surface area contributed by atoms with Crippen LogP contribution in [-0.4, -0.2) is 70.2 Å². The van der Waals surface area contributed by atoms with Crippen molar-refractivity contribution >= 4 is 11.9 Å². The summed E-state index contributed by atoms with van der Waals surface area (Å²) in [7, 11) is 0. The molecule has 2 rings (SSSR count). The number of carboxylic acid groups (broad SMARTS) is 1. The number of hydrogen-bond acceptors (Lipinski definition) is 5. The summed E-state index contributed by atoms with van der Waals surface area (Å²) in [6, 6.07) is 0. The Balaban J connectivity index is 2.53. The first-order valence-corrected chi connectivity index (χ1v) is 20.0. The minimum atomic E-state index is -0.706. The molecule has 0 aromatic rings. The number of carboxylic acids is 1. The van der Waals surface area contributed by atoms with Gasteiger partial charge in [0.1, 0.15) is 6.10 Å². The first kappa shape index (κ1) is 41.0. The van der Waals surface area contributed by atoms with E-state index in [1.165, 1.54) is 0 Å². The van der Waals surface area contributed by atoms with Crippen LogP contribution in [0.25, 0.3) is 0 Å². The Labute approximate surface area is 285 Å². The molecule has 46 heavy (non-hydrogen) atoms. The first-order chi connectivity index (χ1) is 22.0. The molecule has 1 N–H and O–H groups in total. The topological polar surface area (TPSA) is 70.1 Å². The maximum absolute atomic E-state index is 15.0. The summed E-state index contributed by atoms with van der Waals surface area (Å²) < 4.78 is 7.00. The van der Waals surface area contributed by atoms with E-state index in [1.54, 1.807) is 0 Å². The maximum Gasteiger partial charge on any atom is 0.309 e. The van der Waals surface area contributed by atoms with Gasteiger partial charge in [0.05, 0.1) is 5.92 Å². The van der Waals surface area contributed by atoms with Crippen molar-refractivity contribution < 1.29 is 19.4 Å². The molecular weight excluding hydrogens is 572 g/mol. The number of nitrogens with zero attached hydrogens (tertiary/aromatic N) is 2. The van der Waals surface area contributed by atoms with Crippen LogP contribution in [0.5, 0.6) is 0 Å². The molecular formula is C40H76N2O4. The number of carbonyl (C=O) groups is 2. The molecule has 0 aromatic heterocycles. The van der Waals surface area contributed by atoms with E-state index in [9.17, 15) is 9.59 Å². The zero-order valence-corrected chi connectivity index (χ0v) is 32.1. The van der Waals surface area contributed by atoms with Crippen LogP contribution in [0.3, 0.4) is 0 Å². The van der Waals surface area contributed by atoms with Crippen molar-refractivity contribution in [1.82, 2.24) is 9.80 Å². The molecule has 6 heteroatoms. The molecule has 6 nitrogen and oxygen atoms in total. The van der Waals surface area contributed by atoms with Gasteiger partial charge in [0.25, 0.3) is 0 Å². The van der Waals surface area contributed by atoms with Gasteiger partial charge in [-0.15, -0.1) is 0 Å². The van der Waals surface area contributed by atoms with Crippen molar-refractivity contribution in [3.05, 3.63) is 0 Å². The van der Waals surface area contributed by atoms with Crippen LogP contribution >= 0.6 is 0 Å². The Bertz CT molecular complexity index is 903. The molecule has 0 spiro atoms. The number of carbonyl (C=O) groups excluding carboxylic acids is 1. The molecule has 3 atom stereocenters. The lowest BCUT2D eigenvalue weighted by Crippen LogP contribution is -2.68. The van der Waals surface area contributed by atoms with Crippen molar-refractivity contribution in [1.29, 1.82) is 0 Å². The van der Waals surface area contributed by atoms with Crippen molar-refractivity contribution in [3.63, 3.8) is 0 Å². The molecule has 0 bridgehead atoms. The van der Waals surface area contributed by atoms with E-state index in [0.717, 1.165) is 129 Å². The van der Waals surface area contributed by atoms with Gasteiger partial charge in [-0.25, -0.2) is 0 Å². The fourth-order valence-electron chi connectivity index (χ4n) is 12.0. The Hall–Kier alpha value is -1.14. The van der Waals surface area contributed by atoms with Gasteiger partial charge in [0, 0.05) is 29.5 Å². The number of piperidine rings is 2. The zero-order chi connectivity index (χ0) is 34.6. The van der Waals surface area contributed by atoms with E-state index in [1.807, 2.05) is 0 Å². The summed E-state index contributed by atoms with van der Waals surface area (Å²) >= 11 is 0. The van der Waals surface area contributed by atoms with E-state index in [-0.39, 0.29) is 46.3 Å². The maximum atomic E-state index is 15.0. The average Bonchev–Trinajstić information content (AvgIpc) is 3.08. The minimum absolute atomic E-state index is 0.0442. The monoisotopic (exact) mass is 649 g/mol. The third kappa shape index (κ3) is 7.38. The van der Waals surface area contributed by atoms with Gasteiger partial charge in [0.15, 0.2) is 0 Å². The van der Waals surface area contributed by atoms with Crippen LogP contribution in [0.4, 0.5) is 0 Å². The molecule has 3 unspecified atom stereocenters. The molecule has 0 aromatic carbocycles. The highest BCUT2D eigenvalue weighted by atomic mass is 16.5. The van der Waals surface area contributed by atoms with Crippen LogP contribution in [0.15, 0.2) is 0 Å². The van der Waals surface area contributed by atoms with E-state index in [2.05, 4.69) is 79.0 Å². The highest BCUT2D eigenvalue weighted by Crippen LogP contribution is 2.59. The number of hydrogen-bond donors (Lipinski definition) is 1. The van der Waals surface area contributed by atoms with Gasteiger partial charge >= 0.3 is 11.9 Å². The lowest BCUT2D eigenvalue weighted by atomic mass is 9.50. The third-order valence-corrected chi connectivity index (χ3v) is 14.3. The van der Waals surface area contributed by atoms with Gasteiger partial charge in [-0.05, 0) is 108 Å². The van der Waals surface area contributed by atoms with Crippen LogP contribution in [-0.2, 0) is 14.3 Å². The molecule has 2 saturated heterocycles. The van der Waals surface area contributed by atoms with Crippen molar-refractivity contribution in [3.8, 4) is 0 Å². The Morgan fingerprint density at radius 3 is 1.57 bits per heavy atom. The lowest BCUT2D eigenvalue weighted by molar-refractivity contribution is -0.201. The van der Waals surface area contributed by atoms with E-state index < -0.39 is 5.97 Å². The standard InChI is InChI=1S/C40H76N2O4/c1-11-37(12-2)33(28-30-41(19-9)39(37,15-5)16-6)32(26-24-22-21-23-25-27-35(43)44)36(45)46-34-29-31-42(20-10)40(17-7,18-8)38(34,13-3)14-4/h32-34H,11-31H2,1-10H3,(H,43,44). The molecule has 0 radical (unpaired) electrons. The fourth-order valence-corrected chi connectivity index (χ4v) is 12.0. The SMILES string of the molecule is CCN1CCC(OC(=O)C(CCCCCCCC(=O)O)C2CCN(CC)C(CC)(CC)C2(CC)CC)C(CC)(CC)C1(CC)CC. The molecule has 270 valence electrons. The van der Waals surface area contributed by atoms with Crippen molar-refractivity contribution in [2.45, 2.75) is 196 Å². The van der Waals surface area contributed by atoms with Crippen molar-refractivity contribution in [2.75, 3.05) is 26.2 Å². The summed E-state index contributed by atoms with van der Waals surface area (Å²) in [5, 5.41) is 9.05. The number of unbranched alkanes of at least 4 members (excludes halogenated alkanes) is 4. The highest BCUT2D eigenvalue weighted by molar-refractivity contribution is 5.73. The van der Waals surface area contributed by atoms with Gasteiger partial charge in [-0.3, -0.25) is 19.4 Å². The first-order valence-electron chi connectivity index (χ1n) is 20.0. The van der Waals surface area contributed by atoms with E-state index >= 15 is 0 Å². The van der Waals surface area contributed by atoms with Gasteiger partial charge in [0.2, 0.25) is 0 Å². The van der Waals surface area contributed by atoms with Gasteiger partial charge in [-0.2, -0.15) is 0 Å². The highest BCUT2D eigenvalue weighted by Gasteiger charge is 2.61. The molecule has 0 saturated carbocycles. The summed E-state index contributed by atoms with van der Waals surface area (Å²) in [5.74, 6) is -0.415. The quantitative estimate of drug-likeness (QED) is 0.0987. The molecule has 2 aliphatic heterocycles.